The third-order valence-corrected chi connectivity index (χ3v) is 4.38. The molecule has 0 unspecified atom stereocenters. The number of nitro benzene ring substituents is 1. The molecule has 1 saturated heterocycles. The minimum absolute atomic E-state index is 0.0679. The quantitative estimate of drug-likeness (QED) is 0.492. The van der Waals surface area contributed by atoms with Crippen molar-refractivity contribution >= 4 is 17.3 Å². The van der Waals surface area contributed by atoms with E-state index in [1.807, 2.05) is 13.8 Å². The Labute approximate surface area is 135 Å². The molecule has 0 spiro atoms. The smallest absolute Gasteiger partial charge is 0.338 e. The van der Waals surface area contributed by atoms with E-state index in [1.54, 1.807) is 7.05 Å². The lowest BCUT2D eigenvalue weighted by molar-refractivity contribution is -0.383. The Morgan fingerprint density at radius 2 is 2.04 bits per heavy atom. The van der Waals surface area contributed by atoms with Gasteiger partial charge in [0.1, 0.15) is 11.3 Å². The van der Waals surface area contributed by atoms with Crippen molar-refractivity contribution in [1.82, 2.24) is 5.32 Å². The summed E-state index contributed by atoms with van der Waals surface area (Å²) >= 11 is 0. The van der Waals surface area contributed by atoms with Crippen molar-refractivity contribution in [2.24, 2.45) is 5.92 Å². The average molecular weight is 321 g/mol. The Balaban J connectivity index is 2.15. The molecule has 1 aromatic rings. The molecule has 7 nitrogen and oxygen atoms in total. The van der Waals surface area contributed by atoms with E-state index in [0.717, 1.165) is 25.9 Å². The first kappa shape index (κ1) is 17.2. The summed E-state index contributed by atoms with van der Waals surface area (Å²) in [6.07, 6.45) is 1.92. The van der Waals surface area contributed by atoms with Crippen molar-refractivity contribution in [2.75, 3.05) is 25.5 Å². The fourth-order valence-electron chi connectivity index (χ4n) is 2.92. The Bertz CT molecular complexity index is 595. The van der Waals surface area contributed by atoms with Gasteiger partial charge < -0.3 is 15.4 Å². The second-order valence-electron chi connectivity index (χ2n) is 6.26. The molecule has 0 aliphatic carbocycles. The monoisotopic (exact) mass is 321 g/mol. The minimum Gasteiger partial charge on any atom is -0.456 e. The summed E-state index contributed by atoms with van der Waals surface area (Å²) in [4.78, 5) is 22.9. The summed E-state index contributed by atoms with van der Waals surface area (Å²) in [6.45, 7) is 5.69. The highest BCUT2D eigenvalue weighted by Crippen LogP contribution is 2.31. The van der Waals surface area contributed by atoms with Crippen LogP contribution in [0.25, 0.3) is 0 Å². The minimum atomic E-state index is -0.569. The molecule has 1 aliphatic heterocycles. The van der Waals surface area contributed by atoms with Gasteiger partial charge in [-0.1, -0.05) is 0 Å². The van der Waals surface area contributed by atoms with E-state index in [2.05, 4.69) is 10.6 Å². The van der Waals surface area contributed by atoms with E-state index in [9.17, 15) is 14.9 Å². The van der Waals surface area contributed by atoms with Gasteiger partial charge in [0.05, 0.1) is 10.5 Å². The number of ether oxygens (including phenoxy) is 1. The van der Waals surface area contributed by atoms with Crippen LogP contribution in [-0.2, 0) is 4.74 Å². The molecule has 2 N–H and O–H groups in total. The van der Waals surface area contributed by atoms with Crippen LogP contribution in [0.15, 0.2) is 18.2 Å². The van der Waals surface area contributed by atoms with Crippen LogP contribution in [0.3, 0.4) is 0 Å². The maximum Gasteiger partial charge on any atom is 0.338 e. The number of nitro groups is 1. The lowest BCUT2D eigenvalue weighted by Crippen LogP contribution is -2.42. The summed E-state index contributed by atoms with van der Waals surface area (Å²) in [7, 11) is 1.58. The molecular formula is C16H23N3O4. The first-order chi connectivity index (χ1) is 10.8. The molecule has 7 heteroatoms. The maximum absolute atomic E-state index is 12.4. The number of hydrogen-bond acceptors (Lipinski definition) is 6. The molecule has 0 bridgehead atoms. The molecular weight excluding hydrogens is 298 g/mol. The number of anilines is 1. The summed E-state index contributed by atoms with van der Waals surface area (Å²) < 4.78 is 5.70. The molecule has 0 radical (unpaired) electrons. The normalized spacial score (nSPS) is 16.0. The number of carbonyl (C=O) groups is 1. The number of esters is 1. The molecule has 0 aromatic heterocycles. The lowest BCUT2D eigenvalue weighted by atomic mass is 9.83. The van der Waals surface area contributed by atoms with E-state index in [1.165, 1.54) is 18.2 Å². The Morgan fingerprint density at radius 3 is 2.61 bits per heavy atom. The van der Waals surface area contributed by atoms with Crippen LogP contribution >= 0.6 is 0 Å². The fraction of sp³-hybridized carbons (Fsp3) is 0.562. The van der Waals surface area contributed by atoms with Gasteiger partial charge in [0, 0.05) is 19.0 Å². The number of benzene rings is 1. The van der Waals surface area contributed by atoms with Gasteiger partial charge in [-0.15, -0.1) is 0 Å². The second-order valence-corrected chi connectivity index (χ2v) is 6.26. The average Bonchev–Trinajstić information content (AvgIpc) is 2.54. The zero-order valence-electron chi connectivity index (χ0n) is 13.7. The first-order valence-corrected chi connectivity index (χ1v) is 7.75. The largest absolute Gasteiger partial charge is 0.456 e. The van der Waals surface area contributed by atoms with Gasteiger partial charge >= 0.3 is 5.97 Å². The van der Waals surface area contributed by atoms with Gasteiger partial charge in [0.2, 0.25) is 0 Å². The number of nitrogens with one attached hydrogen (secondary N) is 2. The molecule has 1 fully saturated rings. The van der Waals surface area contributed by atoms with E-state index >= 15 is 0 Å². The summed E-state index contributed by atoms with van der Waals surface area (Å²) in [6, 6.07) is 4.21. The van der Waals surface area contributed by atoms with Crippen LogP contribution in [0.2, 0.25) is 0 Å². The van der Waals surface area contributed by atoms with Crippen LogP contribution in [0, 0.1) is 16.0 Å². The highest BCUT2D eigenvalue weighted by molar-refractivity contribution is 5.91. The number of nitrogens with zero attached hydrogens (tertiary/aromatic N) is 1. The molecule has 2 rings (SSSR count). The van der Waals surface area contributed by atoms with Crippen molar-refractivity contribution < 1.29 is 14.5 Å². The van der Waals surface area contributed by atoms with E-state index in [-0.39, 0.29) is 5.69 Å². The van der Waals surface area contributed by atoms with E-state index in [0.29, 0.717) is 17.2 Å². The summed E-state index contributed by atoms with van der Waals surface area (Å²) in [5.41, 5.74) is -0.0337. The number of carbonyl (C=O) groups excluding carboxylic acids is 1. The van der Waals surface area contributed by atoms with Crippen molar-refractivity contribution in [3.8, 4) is 0 Å². The molecule has 0 saturated carbocycles. The van der Waals surface area contributed by atoms with Crippen LogP contribution < -0.4 is 10.6 Å². The molecule has 0 atom stereocenters. The van der Waals surface area contributed by atoms with Gasteiger partial charge in [0.15, 0.2) is 0 Å². The predicted octanol–water partition coefficient (Wildman–Crippen LogP) is 2.57. The third-order valence-electron chi connectivity index (χ3n) is 4.38. The summed E-state index contributed by atoms with van der Waals surface area (Å²) in [5.74, 6) is -0.158. The molecule has 1 heterocycles. The molecule has 0 amide bonds. The fourth-order valence-corrected chi connectivity index (χ4v) is 2.92. The Hall–Kier alpha value is -2.15. The van der Waals surface area contributed by atoms with Crippen molar-refractivity contribution in [3.05, 3.63) is 33.9 Å². The number of rotatable bonds is 5. The zero-order valence-corrected chi connectivity index (χ0v) is 13.7. The van der Waals surface area contributed by atoms with Gasteiger partial charge in [-0.25, -0.2) is 4.79 Å². The van der Waals surface area contributed by atoms with Crippen molar-refractivity contribution in [3.63, 3.8) is 0 Å². The SMILES string of the molecule is CNc1cc(C(=O)OC(C)(C)C2CCNCC2)ccc1[N+](=O)[O-]. The molecule has 23 heavy (non-hydrogen) atoms. The van der Waals surface area contributed by atoms with Crippen LogP contribution in [0.5, 0.6) is 0 Å². The number of piperidine rings is 1. The topological polar surface area (TPSA) is 93.5 Å². The van der Waals surface area contributed by atoms with E-state index < -0.39 is 16.5 Å². The van der Waals surface area contributed by atoms with Gasteiger partial charge in [-0.2, -0.15) is 0 Å². The zero-order chi connectivity index (χ0) is 17.0. The number of hydrogen-bond donors (Lipinski definition) is 2. The van der Waals surface area contributed by atoms with Crippen LogP contribution in [0.4, 0.5) is 11.4 Å². The van der Waals surface area contributed by atoms with Crippen molar-refractivity contribution in [1.29, 1.82) is 0 Å². The van der Waals surface area contributed by atoms with Crippen LogP contribution in [-0.4, -0.2) is 36.6 Å². The molecule has 1 aliphatic rings. The standard InChI is InChI=1S/C16H23N3O4/c1-16(2,12-6-8-18-9-7-12)23-15(20)11-4-5-14(19(21)22)13(10-11)17-3/h4-5,10,12,17-18H,6-9H2,1-3H3. The third kappa shape index (κ3) is 3.98. The van der Waals surface area contributed by atoms with Gasteiger partial charge in [-0.05, 0) is 51.9 Å². The van der Waals surface area contributed by atoms with Crippen molar-refractivity contribution in [2.45, 2.75) is 32.3 Å². The van der Waals surface area contributed by atoms with E-state index in [4.69, 9.17) is 4.74 Å². The van der Waals surface area contributed by atoms with Gasteiger partial charge in [0.25, 0.3) is 5.69 Å². The highest BCUT2D eigenvalue weighted by Gasteiger charge is 2.34. The lowest BCUT2D eigenvalue weighted by Gasteiger charge is -2.36. The van der Waals surface area contributed by atoms with Crippen LogP contribution in [0.1, 0.15) is 37.0 Å². The second kappa shape index (κ2) is 6.95. The Kier molecular flexibility index (Phi) is 5.20. The maximum atomic E-state index is 12.4. The highest BCUT2D eigenvalue weighted by atomic mass is 16.6. The summed E-state index contributed by atoms with van der Waals surface area (Å²) in [5, 5.41) is 17.0. The predicted molar refractivity (Wildman–Crippen MR) is 87.7 cm³/mol. The molecule has 1 aromatic carbocycles. The van der Waals surface area contributed by atoms with Gasteiger partial charge in [-0.3, -0.25) is 10.1 Å². The first-order valence-electron chi connectivity index (χ1n) is 7.75. The Morgan fingerprint density at radius 1 is 1.39 bits per heavy atom. The molecule has 126 valence electrons.